The average molecular weight is 328 g/mol. The number of benzene rings is 1. The van der Waals surface area contributed by atoms with E-state index in [0.717, 1.165) is 38.2 Å². The fourth-order valence-electron chi connectivity index (χ4n) is 3.65. The number of para-hydroxylation sites is 1. The lowest BCUT2D eigenvalue weighted by Crippen LogP contribution is -2.43. The van der Waals surface area contributed by atoms with E-state index in [1.807, 2.05) is 23.1 Å². The van der Waals surface area contributed by atoms with Gasteiger partial charge in [-0.15, -0.1) is 0 Å². The second-order valence-corrected chi connectivity index (χ2v) is 6.96. The molecule has 24 heavy (non-hydrogen) atoms. The van der Waals surface area contributed by atoms with Gasteiger partial charge in [0.25, 0.3) is 0 Å². The van der Waals surface area contributed by atoms with Gasteiger partial charge in [0.2, 0.25) is 5.91 Å². The Bertz CT molecular complexity index is 613. The molecule has 1 aromatic carbocycles. The first kappa shape index (κ1) is 16.8. The smallest absolute Gasteiger partial charge is 0.227 e. The van der Waals surface area contributed by atoms with Crippen molar-refractivity contribution in [2.45, 2.75) is 39.0 Å². The molecule has 2 aliphatic heterocycles. The average Bonchev–Trinajstić information content (AvgIpc) is 3.02. The molecule has 1 amide bonds. The molecular weight excluding hydrogens is 300 g/mol. The van der Waals surface area contributed by atoms with Crippen molar-refractivity contribution in [1.82, 2.24) is 4.90 Å². The van der Waals surface area contributed by atoms with Gasteiger partial charge >= 0.3 is 0 Å². The molecule has 2 N–H and O–H groups in total. The van der Waals surface area contributed by atoms with Crippen LogP contribution in [-0.4, -0.2) is 42.9 Å². The lowest BCUT2D eigenvalue weighted by molar-refractivity contribution is -0.118. The zero-order valence-corrected chi connectivity index (χ0v) is 14.6. The summed E-state index contributed by atoms with van der Waals surface area (Å²) in [6, 6.07) is 8.17. The Labute approximate surface area is 144 Å². The van der Waals surface area contributed by atoms with E-state index in [0.29, 0.717) is 24.8 Å². The Hall–Kier alpha value is -2.04. The first-order chi connectivity index (χ1) is 11.6. The maximum atomic E-state index is 12.4. The first-order valence-electron chi connectivity index (χ1n) is 9.08. The highest BCUT2D eigenvalue weighted by molar-refractivity contribution is 5.95. The monoisotopic (exact) mass is 328 g/mol. The number of fused-ring (bicyclic) bond motifs is 1. The fraction of sp³-hybridized carbons (Fsp3) is 0.579. The fourth-order valence-corrected chi connectivity index (χ4v) is 3.65. The van der Waals surface area contributed by atoms with Gasteiger partial charge in [0.15, 0.2) is 5.96 Å². The Kier molecular flexibility index (Phi) is 5.38. The van der Waals surface area contributed by atoms with E-state index < -0.39 is 0 Å². The molecule has 5 nitrogen and oxygen atoms in total. The standard InChI is InChI=1S/C19H28N4O/c1-15-6-5-12-22(14-15)19(20)21-11-4-9-18(24)23-13-10-16-7-2-3-8-17(16)23/h2-3,7-8,15H,4-6,9-14H2,1H3,(H2,20,21). The summed E-state index contributed by atoms with van der Waals surface area (Å²) >= 11 is 0. The number of rotatable bonds is 4. The van der Waals surface area contributed by atoms with Crippen LogP contribution in [0.25, 0.3) is 0 Å². The number of hydrogen-bond acceptors (Lipinski definition) is 2. The second kappa shape index (κ2) is 7.69. The SMILES string of the molecule is CC1CCCN(C(N)=NCCCC(=O)N2CCc3ccccc32)C1. The van der Waals surface area contributed by atoms with E-state index in [4.69, 9.17) is 5.73 Å². The minimum Gasteiger partial charge on any atom is -0.370 e. The van der Waals surface area contributed by atoms with Crippen molar-refractivity contribution in [2.75, 3.05) is 31.1 Å². The van der Waals surface area contributed by atoms with Crippen LogP contribution in [0.2, 0.25) is 0 Å². The van der Waals surface area contributed by atoms with Crippen LogP contribution in [0, 0.1) is 5.92 Å². The van der Waals surface area contributed by atoms with Crippen molar-refractivity contribution in [1.29, 1.82) is 0 Å². The van der Waals surface area contributed by atoms with Crippen LogP contribution in [-0.2, 0) is 11.2 Å². The van der Waals surface area contributed by atoms with Crippen molar-refractivity contribution in [3.05, 3.63) is 29.8 Å². The molecule has 0 spiro atoms. The highest BCUT2D eigenvalue weighted by Crippen LogP contribution is 2.28. The number of nitrogens with zero attached hydrogens (tertiary/aromatic N) is 3. The van der Waals surface area contributed by atoms with Crippen molar-refractivity contribution >= 4 is 17.6 Å². The van der Waals surface area contributed by atoms with Gasteiger partial charge in [-0.25, -0.2) is 0 Å². The molecular formula is C19H28N4O. The molecule has 1 fully saturated rings. The van der Waals surface area contributed by atoms with Crippen LogP contribution in [0.15, 0.2) is 29.3 Å². The molecule has 3 rings (SSSR count). The summed E-state index contributed by atoms with van der Waals surface area (Å²) in [5, 5.41) is 0. The molecule has 1 aromatic rings. The van der Waals surface area contributed by atoms with Crippen LogP contribution in [0.1, 0.15) is 38.2 Å². The number of carbonyl (C=O) groups excluding carboxylic acids is 1. The molecule has 1 unspecified atom stereocenters. The Morgan fingerprint density at radius 3 is 3.00 bits per heavy atom. The van der Waals surface area contributed by atoms with E-state index in [1.54, 1.807) is 0 Å². The number of hydrogen-bond donors (Lipinski definition) is 1. The Morgan fingerprint density at radius 1 is 1.33 bits per heavy atom. The molecule has 5 heteroatoms. The summed E-state index contributed by atoms with van der Waals surface area (Å²) in [7, 11) is 0. The number of likely N-dealkylation sites (tertiary alicyclic amines) is 1. The summed E-state index contributed by atoms with van der Waals surface area (Å²) in [6.45, 7) is 5.68. The molecule has 0 radical (unpaired) electrons. The quantitative estimate of drug-likeness (QED) is 0.524. The van der Waals surface area contributed by atoms with Crippen LogP contribution in [0.5, 0.6) is 0 Å². The zero-order chi connectivity index (χ0) is 16.9. The third-order valence-electron chi connectivity index (χ3n) is 4.99. The Morgan fingerprint density at radius 2 is 2.17 bits per heavy atom. The van der Waals surface area contributed by atoms with E-state index in [2.05, 4.69) is 22.9 Å². The number of carbonyl (C=O) groups is 1. The van der Waals surface area contributed by atoms with E-state index in [-0.39, 0.29) is 5.91 Å². The number of nitrogens with two attached hydrogens (primary N) is 1. The van der Waals surface area contributed by atoms with Crippen molar-refractivity contribution in [3.63, 3.8) is 0 Å². The molecule has 0 aromatic heterocycles. The van der Waals surface area contributed by atoms with Gasteiger partial charge in [-0.05, 0) is 43.2 Å². The second-order valence-electron chi connectivity index (χ2n) is 6.96. The van der Waals surface area contributed by atoms with Crippen molar-refractivity contribution in [3.8, 4) is 0 Å². The van der Waals surface area contributed by atoms with Gasteiger partial charge in [0.1, 0.15) is 0 Å². The van der Waals surface area contributed by atoms with Crippen LogP contribution in [0.3, 0.4) is 0 Å². The number of piperidine rings is 1. The summed E-state index contributed by atoms with van der Waals surface area (Å²) in [6.07, 6.45) is 4.70. The van der Waals surface area contributed by atoms with Crippen LogP contribution in [0.4, 0.5) is 5.69 Å². The molecule has 2 heterocycles. The van der Waals surface area contributed by atoms with E-state index in [1.165, 1.54) is 18.4 Å². The highest BCUT2D eigenvalue weighted by atomic mass is 16.2. The van der Waals surface area contributed by atoms with Gasteiger partial charge in [0.05, 0.1) is 0 Å². The highest BCUT2D eigenvalue weighted by Gasteiger charge is 2.23. The van der Waals surface area contributed by atoms with E-state index in [9.17, 15) is 4.79 Å². The van der Waals surface area contributed by atoms with Gasteiger partial charge in [-0.3, -0.25) is 9.79 Å². The number of amides is 1. The number of guanidine groups is 1. The summed E-state index contributed by atoms with van der Waals surface area (Å²) < 4.78 is 0. The zero-order valence-electron chi connectivity index (χ0n) is 14.6. The number of aliphatic imine (C=N–C) groups is 1. The predicted octanol–water partition coefficient (Wildman–Crippen LogP) is 2.40. The molecule has 1 saturated heterocycles. The first-order valence-corrected chi connectivity index (χ1v) is 9.08. The van der Waals surface area contributed by atoms with E-state index >= 15 is 0 Å². The minimum atomic E-state index is 0.195. The minimum absolute atomic E-state index is 0.195. The predicted molar refractivity (Wildman–Crippen MR) is 98.2 cm³/mol. The third-order valence-corrected chi connectivity index (χ3v) is 4.99. The van der Waals surface area contributed by atoms with Crippen LogP contribution < -0.4 is 10.6 Å². The molecule has 130 valence electrons. The van der Waals surface area contributed by atoms with Crippen molar-refractivity contribution < 1.29 is 4.79 Å². The van der Waals surface area contributed by atoms with Gasteiger partial charge in [0, 0.05) is 38.3 Å². The molecule has 1 atom stereocenters. The van der Waals surface area contributed by atoms with Gasteiger partial charge < -0.3 is 15.5 Å². The molecule has 0 aliphatic carbocycles. The topological polar surface area (TPSA) is 61.9 Å². The summed E-state index contributed by atoms with van der Waals surface area (Å²) in [5.74, 6) is 1.52. The van der Waals surface area contributed by atoms with Crippen molar-refractivity contribution in [2.24, 2.45) is 16.6 Å². The van der Waals surface area contributed by atoms with Gasteiger partial charge in [-0.2, -0.15) is 0 Å². The summed E-state index contributed by atoms with van der Waals surface area (Å²) in [5.41, 5.74) is 8.44. The maximum Gasteiger partial charge on any atom is 0.227 e. The lowest BCUT2D eigenvalue weighted by Gasteiger charge is -2.31. The third kappa shape index (κ3) is 3.89. The lowest BCUT2D eigenvalue weighted by atomic mass is 10.0. The van der Waals surface area contributed by atoms with Crippen LogP contribution >= 0.6 is 0 Å². The molecule has 0 saturated carbocycles. The largest absolute Gasteiger partial charge is 0.370 e. The number of anilines is 1. The summed E-state index contributed by atoms with van der Waals surface area (Å²) in [4.78, 5) is 21.0. The molecule has 0 bridgehead atoms. The normalized spacial score (nSPS) is 21.0. The molecule has 2 aliphatic rings. The van der Waals surface area contributed by atoms with Gasteiger partial charge in [-0.1, -0.05) is 25.1 Å². The maximum absolute atomic E-state index is 12.4. The Balaban J connectivity index is 1.45.